The molecule has 2 rings (SSSR count). The Balaban J connectivity index is 2.16. The summed E-state index contributed by atoms with van der Waals surface area (Å²) in [6, 6.07) is 0. The van der Waals surface area contributed by atoms with Crippen LogP contribution in [0.1, 0.15) is 6.42 Å². The van der Waals surface area contributed by atoms with Crippen molar-refractivity contribution in [2.75, 3.05) is 7.11 Å². The third-order valence-corrected chi connectivity index (χ3v) is 2.32. The van der Waals surface area contributed by atoms with Crippen LogP contribution in [0.3, 0.4) is 0 Å². The summed E-state index contributed by atoms with van der Waals surface area (Å²) >= 11 is 0. The average molecular weight is 227 g/mol. The van der Waals surface area contributed by atoms with Crippen molar-refractivity contribution < 1.29 is 28.6 Å². The molecule has 16 heavy (non-hydrogen) atoms. The zero-order chi connectivity index (χ0) is 11.7. The van der Waals surface area contributed by atoms with E-state index >= 15 is 0 Å². The van der Waals surface area contributed by atoms with E-state index in [1.54, 1.807) is 0 Å². The van der Waals surface area contributed by atoms with Crippen LogP contribution in [0, 0.1) is 0 Å². The van der Waals surface area contributed by atoms with Crippen molar-refractivity contribution in [1.82, 2.24) is 4.90 Å². The quantitative estimate of drug-likeness (QED) is 0.280. The lowest BCUT2D eigenvalue weighted by Gasteiger charge is -2.33. The van der Waals surface area contributed by atoms with Gasteiger partial charge in [0.25, 0.3) is 0 Å². The fourth-order valence-corrected chi connectivity index (χ4v) is 1.58. The van der Waals surface area contributed by atoms with Crippen LogP contribution in [0.5, 0.6) is 0 Å². The summed E-state index contributed by atoms with van der Waals surface area (Å²) in [5.74, 6) is -0.0653. The summed E-state index contributed by atoms with van der Waals surface area (Å²) < 4.78 is 14.4. The molecule has 1 amide bonds. The molecule has 0 spiro atoms. The summed E-state index contributed by atoms with van der Waals surface area (Å²) in [5, 5.41) is 0. The largest absolute Gasteiger partial charge is 0.510 e. The Morgan fingerprint density at radius 1 is 1.62 bits per heavy atom. The first-order chi connectivity index (χ1) is 7.67. The van der Waals surface area contributed by atoms with Gasteiger partial charge in [-0.2, -0.15) is 0 Å². The Hall–Kier alpha value is -2.05. The van der Waals surface area contributed by atoms with Crippen LogP contribution < -0.4 is 0 Å². The molecule has 0 aliphatic carbocycles. The van der Waals surface area contributed by atoms with Crippen LogP contribution in [0.15, 0.2) is 11.8 Å². The molecule has 0 N–H and O–H groups in total. The first-order valence-electron chi connectivity index (χ1n) is 4.55. The highest BCUT2D eigenvalue weighted by molar-refractivity contribution is 5.84. The number of rotatable bonds is 2. The molecule has 2 atom stereocenters. The van der Waals surface area contributed by atoms with Gasteiger partial charge in [-0.1, -0.05) is 0 Å². The van der Waals surface area contributed by atoms with E-state index in [-0.39, 0.29) is 18.1 Å². The second-order valence-electron chi connectivity index (χ2n) is 3.21. The van der Waals surface area contributed by atoms with Gasteiger partial charge in [0.05, 0.1) is 13.5 Å². The number of nitrogens with zero attached hydrogens (tertiary/aromatic N) is 1. The summed E-state index contributed by atoms with van der Waals surface area (Å²) in [7, 11) is 1.15. The monoisotopic (exact) mass is 227 g/mol. The molecule has 0 aromatic rings. The maximum absolute atomic E-state index is 11.2. The number of carbonyl (C=O) groups is 3. The van der Waals surface area contributed by atoms with Crippen LogP contribution in [0.2, 0.25) is 0 Å². The topological polar surface area (TPSA) is 82.1 Å². The smallest absolute Gasteiger partial charge is 0.468 e. The van der Waals surface area contributed by atoms with Gasteiger partial charge in [0, 0.05) is 6.08 Å². The molecule has 86 valence electrons. The number of allylic oxidation sites excluding steroid dienone is 1. The lowest BCUT2D eigenvalue weighted by Crippen LogP contribution is -2.53. The molecule has 0 saturated carbocycles. The Kier molecular flexibility index (Phi) is 2.51. The highest BCUT2D eigenvalue weighted by atomic mass is 16.7. The summed E-state index contributed by atoms with van der Waals surface area (Å²) in [4.78, 5) is 33.8. The van der Waals surface area contributed by atoms with Gasteiger partial charge in [-0.15, -0.1) is 0 Å². The van der Waals surface area contributed by atoms with Crippen molar-refractivity contribution in [2.24, 2.45) is 0 Å². The van der Waals surface area contributed by atoms with Crippen LogP contribution in [0.4, 0.5) is 4.79 Å². The second kappa shape index (κ2) is 3.84. The predicted octanol–water partition coefficient (Wildman–Crippen LogP) is -0.233. The van der Waals surface area contributed by atoms with Crippen LogP contribution in [-0.2, 0) is 23.8 Å². The Bertz CT molecular complexity index is 376. The van der Waals surface area contributed by atoms with Gasteiger partial charge in [-0.05, 0) is 0 Å². The van der Waals surface area contributed by atoms with E-state index in [0.717, 1.165) is 13.2 Å². The molecule has 7 nitrogen and oxygen atoms in total. The molecule has 2 fully saturated rings. The third-order valence-electron chi connectivity index (χ3n) is 2.32. The SMILES string of the molecule is COC(=O)OC1C(=CC=O)O[C@@H]2CC(=O)N12. The number of amides is 1. The average Bonchev–Trinajstić information content (AvgIpc) is 2.51. The molecule has 0 radical (unpaired) electrons. The molecule has 2 aliphatic rings. The standard InChI is InChI=1S/C9H9NO6/c1-14-9(13)16-8-5(2-3-11)15-7-4-6(12)10(7)8/h2-3,7-8H,4H2,1H3/t7-,8?/m1/s1. The van der Waals surface area contributed by atoms with Gasteiger partial charge in [0.15, 0.2) is 12.0 Å². The number of methoxy groups -OCH3 is 1. The maximum Gasteiger partial charge on any atom is 0.510 e. The zero-order valence-electron chi connectivity index (χ0n) is 8.41. The molecule has 7 heteroatoms. The number of aldehydes is 1. The Morgan fingerprint density at radius 3 is 2.94 bits per heavy atom. The second-order valence-corrected chi connectivity index (χ2v) is 3.21. The number of hydrogen-bond acceptors (Lipinski definition) is 6. The van der Waals surface area contributed by atoms with Gasteiger partial charge < -0.3 is 14.2 Å². The predicted molar refractivity (Wildman–Crippen MR) is 47.8 cm³/mol. The molecule has 0 aromatic carbocycles. The van der Waals surface area contributed by atoms with Crippen LogP contribution >= 0.6 is 0 Å². The van der Waals surface area contributed by atoms with Gasteiger partial charge in [-0.25, -0.2) is 4.79 Å². The molecule has 1 unspecified atom stereocenters. The molecular weight excluding hydrogens is 218 g/mol. The third kappa shape index (κ3) is 1.50. The number of β-lactam (4-membered cyclic amide) rings is 1. The number of carbonyl (C=O) groups excluding carboxylic acids is 3. The molecule has 2 heterocycles. The zero-order valence-corrected chi connectivity index (χ0v) is 8.41. The summed E-state index contributed by atoms with van der Waals surface area (Å²) in [6.07, 6.45) is -0.557. The van der Waals surface area contributed by atoms with Crippen molar-refractivity contribution >= 4 is 18.3 Å². The van der Waals surface area contributed by atoms with Crippen molar-refractivity contribution in [2.45, 2.75) is 18.9 Å². The van der Waals surface area contributed by atoms with E-state index < -0.39 is 18.6 Å². The van der Waals surface area contributed by atoms with E-state index in [1.165, 1.54) is 4.90 Å². The highest BCUT2D eigenvalue weighted by Gasteiger charge is 2.52. The lowest BCUT2D eigenvalue weighted by atomic mass is 10.2. The minimum Gasteiger partial charge on any atom is -0.468 e. The van der Waals surface area contributed by atoms with Crippen molar-refractivity contribution in [1.29, 1.82) is 0 Å². The van der Waals surface area contributed by atoms with E-state index in [9.17, 15) is 14.4 Å². The van der Waals surface area contributed by atoms with E-state index in [2.05, 4.69) is 4.74 Å². The van der Waals surface area contributed by atoms with Gasteiger partial charge in [0.1, 0.15) is 6.29 Å². The van der Waals surface area contributed by atoms with Crippen molar-refractivity contribution in [3.8, 4) is 0 Å². The van der Waals surface area contributed by atoms with Crippen molar-refractivity contribution in [3.05, 3.63) is 11.8 Å². The lowest BCUT2D eigenvalue weighted by molar-refractivity contribution is -0.164. The van der Waals surface area contributed by atoms with E-state index in [0.29, 0.717) is 6.29 Å². The number of hydrogen-bond donors (Lipinski definition) is 0. The minimum absolute atomic E-state index is 0.135. The number of ether oxygens (including phenoxy) is 3. The summed E-state index contributed by atoms with van der Waals surface area (Å²) in [5.41, 5.74) is 0. The van der Waals surface area contributed by atoms with Gasteiger partial charge in [-0.3, -0.25) is 14.5 Å². The fraction of sp³-hybridized carbons (Fsp3) is 0.444. The first kappa shape index (κ1) is 10.5. The summed E-state index contributed by atoms with van der Waals surface area (Å²) in [6.45, 7) is 0. The first-order valence-corrected chi connectivity index (χ1v) is 4.55. The maximum atomic E-state index is 11.2. The molecule has 0 aromatic heterocycles. The Labute approximate surface area is 90.5 Å². The van der Waals surface area contributed by atoms with Crippen LogP contribution in [-0.4, -0.2) is 42.8 Å². The van der Waals surface area contributed by atoms with E-state index in [1.807, 2.05) is 0 Å². The molecule has 2 saturated heterocycles. The fourth-order valence-electron chi connectivity index (χ4n) is 1.58. The molecule has 0 bridgehead atoms. The minimum atomic E-state index is -0.996. The van der Waals surface area contributed by atoms with Crippen molar-refractivity contribution in [3.63, 3.8) is 0 Å². The molecule has 2 aliphatic heterocycles. The highest BCUT2D eigenvalue weighted by Crippen LogP contribution is 2.36. The normalized spacial score (nSPS) is 29.2. The van der Waals surface area contributed by atoms with E-state index in [4.69, 9.17) is 9.47 Å². The Morgan fingerprint density at radius 2 is 2.38 bits per heavy atom. The number of fused-ring (bicyclic) bond motifs is 1. The van der Waals surface area contributed by atoms with Gasteiger partial charge >= 0.3 is 6.16 Å². The molecular formula is C9H9NO6. The van der Waals surface area contributed by atoms with Crippen LogP contribution in [0.25, 0.3) is 0 Å². The van der Waals surface area contributed by atoms with Gasteiger partial charge in [0.2, 0.25) is 12.1 Å².